The summed E-state index contributed by atoms with van der Waals surface area (Å²) in [5, 5.41) is 10.4. The molecule has 0 spiro atoms. The highest BCUT2D eigenvalue weighted by molar-refractivity contribution is 5.19. The maximum Gasteiger partial charge on any atom is 0.126 e. The maximum absolute atomic E-state index is 13.5. The molecule has 0 aliphatic carbocycles. The second-order valence-electron chi connectivity index (χ2n) is 4.59. The van der Waals surface area contributed by atoms with E-state index in [1.54, 1.807) is 18.2 Å². The lowest BCUT2D eigenvalue weighted by atomic mass is 9.87. The van der Waals surface area contributed by atoms with Crippen molar-refractivity contribution < 1.29 is 9.50 Å². The molecule has 0 saturated heterocycles. The number of hydrogen-bond acceptors (Lipinski definition) is 2. The van der Waals surface area contributed by atoms with Crippen molar-refractivity contribution in [3.63, 3.8) is 0 Å². The molecule has 1 atom stereocenters. The van der Waals surface area contributed by atoms with Crippen LogP contribution in [0.4, 0.5) is 4.39 Å². The lowest BCUT2D eigenvalue weighted by Gasteiger charge is -2.27. The predicted octanol–water partition coefficient (Wildman–Crippen LogP) is 2.64. The zero-order valence-corrected chi connectivity index (χ0v) is 10.5. The summed E-state index contributed by atoms with van der Waals surface area (Å²) < 4.78 is 13.5. The minimum Gasteiger partial charge on any atom is -0.390 e. The fourth-order valence-corrected chi connectivity index (χ4v) is 1.98. The molecule has 0 heterocycles. The van der Waals surface area contributed by atoms with E-state index < -0.39 is 5.60 Å². The normalized spacial score (nSPS) is 14.6. The van der Waals surface area contributed by atoms with Gasteiger partial charge in [-0.25, -0.2) is 4.39 Å². The first-order valence-electron chi connectivity index (χ1n) is 6.27. The van der Waals surface area contributed by atoms with Crippen molar-refractivity contribution in [2.24, 2.45) is 5.73 Å². The van der Waals surface area contributed by atoms with Crippen molar-refractivity contribution in [3.8, 4) is 0 Å². The van der Waals surface area contributed by atoms with Crippen LogP contribution in [0.15, 0.2) is 24.3 Å². The first-order chi connectivity index (χ1) is 8.11. The Morgan fingerprint density at radius 2 is 2.00 bits per heavy atom. The molecule has 17 heavy (non-hydrogen) atoms. The second-order valence-corrected chi connectivity index (χ2v) is 4.59. The number of rotatable bonds is 7. The van der Waals surface area contributed by atoms with E-state index in [1.165, 1.54) is 6.07 Å². The smallest absolute Gasteiger partial charge is 0.126 e. The molecule has 0 fully saturated rings. The SMILES string of the molecule is CCC(O)(CCCCN)Cc1ccccc1F. The molecule has 1 aromatic rings. The summed E-state index contributed by atoms with van der Waals surface area (Å²) in [5.41, 5.74) is 5.21. The van der Waals surface area contributed by atoms with Crippen LogP contribution in [0.3, 0.4) is 0 Å². The largest absolute Gasteiger partial charge is 0.390 e. The standard InChI is InChI=1S/C14H22FNO/c1-2-14(17,9-5-6-10-16)11-12-7-3-4-8-13(12)15/h3-4,7-8,17H,2,5-6,9-11,16H2,1H3. The van der Waals surface area contributed by atoms with Gasteiger partial charge in [-0.1, -0.05) is 25.1 Å². The lowest BCUT2D eigenvalue weighted by Crippen LogP contribution is -2.31. The summed E-state index contributed by atoms with van der Waals surface area (Å²) >= 11 is 0. The molecule has 96 valence electrons. The Bertz CT molecular complexity index is 343. The van der Waals surface area contributed by atoms with Crippen molar-refractivity contribution in [1.82, 2.24) is 0 Å². The van der Waals surface area contributed by atoms with E-state index in [0.717, 1.165) is 12.8 Å². The topological polar surface area (TPSA) is 46.2 Å². The number of aliphatic hydroxyl groups is 1. The van der Waals surface area contributed by atoms with Crippen LogP contribution in [-0.2, 0) is 6.42 Å². The fraction of sp³-hybridized carbons (Fsp3) is 0.571. The van der Waals surface area contributed by atoms with Crippen LogP contribution in [0.2, 0.25) is 0 Å². The quantitative estimate of drug-likeness (QED) is 0.718. The third-order valence-corrected chi connectivity index (χ3v) is 3.23. The third-order valence-electron chi connectivity index (χ3n) is 3.23. The number of benzene rings is 1. The van der Waals surface area contributed by atoms with Crippen LogP contribution in [0.1, 0.15) is 38.2 Å². The van der Waals surface area contributed by atoms with Gasteiger partial charge in [-0.2, -0.15) is 0 Å². The highest BCUT2D eigenvalue weighted by atomic mass is 19.1. The monoisotopic (exact) mass is 239 g/mol. The van der Waals surface area contributed by atoms with E-state index >= 15 is 0 Å². The predicted molar refractivity (Wildman–Crippen MR) is 68.3 cm³/mol. The minimum atomic E-state index is -0.808. The summed E-state index contributed by atoms with van der Waals surface area (Å²) in [6, 6.07) is 6.64. The Kier molecular flexibility index (Phi) is 5.59. The van der Waals surface area contributed by atoms with Gasteiger partial charge in [0.15, 0.2) is 0 Å². The van der Waals surface area contributed by atoms with Gasteiger partial charge in [-0.15, -0.1) is 0 Å². The molecular formula is C14H22FNO. The summed E-state index contributed by atoms with van der Waals surface area (Å²) in [4.78, 5) is 0. The van der Waals surface area contributed by atoms with Crippen LogP contribution in [0, 0.1) is 5.82 Å². The number of nitrogens with two attached hydrogens (primary N) is 1. The van der Waals surface area contributed by atoms with E-state index in [2.05, 4.69) is 0 Å². The molecular weight excluding hydrogens is 217 g/mol. The Morgan fingerprint density at radius 1 is 1.29 bits per heavy atom. The van der Waals surface area contributed by atoms with Crippen LogP contribution in [0.25, 0.3) is 0 Å². The highest BCUT2D eigenvalue weighted by Crippen LogP contribution is 2.24. The number of unbranched alkanes of at least 4 members (excludes halogenated alkanes) is 1. The molecule has 0 radical (unpaired) electrons. The van der Waals surface area contributed by atoms with Crippen LogP contribution >= 0.6 is 0 Å². The average Bonchev–Trinajstić information content (AvgIpc) is 2.33. The van der Waals surface area contributed by atoms with Gasteiger partial charge in [0.25, 0.3) is 0 Å². The van der Waals surface area contributed by atoms with Gasteiger partial charge in [0.2, 0.25) is 0 Å². The zero-order chi connectivity index (χ0) is 12.7. The molecule has 0 bridgehead atoms. The molecule has 2 nitrogen and oxygen atoms in total. The van der Waals surface area contributed by atoms with Crippen LogP contribution in [0.5, 0.6) is 0 Å². The average molecular weight is 239 g/mol. The molecule has 1 rings (SSSR count). The van der Waals surface area contributed by atoms with Gasteiger partial charge in [0.05, 0.1) is 5.60 Å². The molecule has 1 aromatic carbocycles. The fourth-order valence-electron chi connectivity index (χ4n) is 1.98. The van der Waals surface area contributed by atoms with Crippen molar-refractivity contribution in [2.45, 2.75) is 44.6 Å². The first kappa shape index (κ1) is 14.1. The minimum absolute atomic E-state index is 0.238. The van der Waals surface area contributed by atoms with E-state index in [0.29, 0.717) is 31.4 Å². The van der Waals surface area contributed by atoms with E-state index in [-0.39, 0.29) is 5.82 Å². The summed E-state index contributed by atoms with van der Waals surface area (Å²) in [7, 11) is 0. The summed E-state index contributed by atoms with van der Waals surface area (Å²) in [6.45, 7) is 2.57. The molecule has 0 aliphatic heterocycles. The lowest BCUT2D eigenvalue weighted by molar-refractivity contribution is 0.0247. The molecule has 1 unspecified atom stereocenters. The summed E-state index contributed by atoms with van der Waals surface area (Å²) in [5.74, 6) is -0.238. The maximum atomic E-state index is 13.5. The second kappa shape index (κ2) is 6.72. The number of halogens is 1. The first-order valence-corrected chi connectivity index (χ1v) is 6.27. The van der Waals surface area contributed by atoms with Gasteiger partial charge in [0.1, 0.15) is 5.82 Å². The molecule has 0 aliphatic rings. The Labute approximate surface area is 103 Å². The molecule has 0 saturated carbocycles. The van der Waals surface area contributed by atoms with Gasteiger partial charge >= 0.3 is 0 Å². The molecule has 0 aromatic heterocycles. The Balaban J connectivity index is 2.65. The van der Waals surface area contributed by atoms with Gasteiger partial charge in [0, 0.05) is 6.42 Å². The third kappa shape index (κ3) is 4.44. The van der Waals surface area contributed by atoms with Gasteiger partial charge < -0.3 is 10.8 Å². The zero-order valence-electron chi connectivity index (χ0n) is 10.5. The van der Waals surface area contributed by atoms with Crippen LogP contribution in [-0.4, -0.2) is 17.3 Å². The van der Waals surface area contributed by atoms with E-state index in [4.69, 9.17) is 5.73 Å². The van der Waals surface area contributed by atoms with Crippen molar-refractivity contribution in [1.29, 1.82) is 0 Å². The molecule has 3 heteroatoms. The highest BCUT2D eigenvalue weighted by Gasteiger charge is 2.25. The van der Waals surface area contributed by atoms with E-state index in [1.807, 2.05) is 6.92 Å². The Morgan fingerprint density at radius 3 is 2.59 bits per heavy atom. The van der Waals surface area contributed by atoms with Crippen molar-refractivity contribution >= 4 is 0 Å². The van der Waals surface area contributed by atoms with Crippen molar-refractivity contribution in [3.05, 3.63) is 35.6 Å². The van der Waals surface area contributed by atoms with Crippen molar-refractivity contribution in [2.75, 3.05) is 6.54 Å². The van der Waals surface area contributed by atoms with Gasteiger partial charge in [-0.05, 0) is 43.9 Å². The van der Waals surface area contributed by atoms with Crippen LogP contribution < -0.4 is 5.73 Å². The Hall–Kier alpha value is -0.930. The molecule has 0 amide bonds. The van der Waals surface area contributed by atoms with E-state index in [9.17, 15) is 9.50 Å². The summed E-state index contributed by atoms with van der Waals surface area (Å²) in [6.07, 6.45) is 3.47. The number of hydrogen-bond donors (Lipinski definition) is 2. The molecule has 3 N–H and O–H groups in total. The van der Waals surface area contributed by atoms with Gasteiger partial charge in [-0.3, -0.25) is 0 Å².